The Morgan fingerprint density at radius 3 is 1.83 bits per heavy atom. The van der Waals surface area contributed by atoms with Gasteiger partial charge in [0.15, 0.2) is 0 Å². The van der Waals surface area contributed by atoms with Gasteiger partial charge < -0.3 is 10.1 Å². The summed E-state index contributed by atoms with van der Waals surface area (Å²) in [6.45, 7) is 10.7. The van der Waals surface area contributed by atoms with Crippen molar-refractivity contribution in [2.24, 2.45) is 5.92 Å². The smallest absolute Gasteiger partial charge is 0.407 e. The first-order chi connectivity index (χ1) is 10.8. The third-order valence-corrected chi connectivity index (χ3v) is 4.94. The van der Waals surface area contributed by atoms with Crippen molar-refractivity contribution in [3.8, 4) is 0 Å². The van der Waals surface area contributed by atoms with E-state index in [1.165, 1.54) is 57.8 Å². The van der Waals surface area contributed by atoms with Gasteiger partial charge in [-0.2, -0.15) is 0 Å². The lowest BCUT2D eigenvalue weighted by Gasteiger charge is -2.20. The fraction of sp³-hybridized carbons (Fsp3) is 0.947. The maximum absolute atomic E-state index is 11.3. The van der Waals surface area contributed by atoms with E-state index in [2.05, 4.69) is 41.8 Å². The summed E-state index contributed by atoms with van der Waals surface area (Å²) in [6.07, 6.45) is 12.0. The fourth-order valence-electron chi connectivity index (χ4n) is 2.63. The second kappa shape index (κ2) is 13.3. The van der Waals surface area contributed by atoms with Crippen LogP contribution in [0.2, 0.25) is 0 Å². The number of ether oxygens (including phenoxy) is 1. The summed E-state index contributed by atoms with van der Waals surface area (Å²) >= 11 is 2.53. The molecule has 0 saturated heterocycles. The Labute approximate surface area is 157 Å². The summed E-state index contributed by atoms with van der Waals surface area (Å²) in [6, 6.07) is 0. The standard InChI is InChI=1S/C11H21NO2.C5H9I.C3H8/c1-11(2,3)14-10(13)12-8-9-6-4-5-7-9;6-5-3-1-2-4-5;1-3-2/h9H,4-8H2,1-3H3,(H,12,13);5H,1-4H2;3H2,1-2H3. The highest BCUT2D eigenvalue weighted by molar-refractivity contribution is 14.1. The number of amides is 1. The Hall–Kier alpha value is 0. The predicted molar refractivity (Wildman–Crippen MR) is 108 cm³/mol. The Morgan fingerprint density at radius 2 is 1.48 bits per heavy atom. The topological polar surface area (TPSA) is 38.3 Å². The summed E-state index contributed by atoms with van der Waals surface area (Å²) in [5.74, 6) is 0.669. The lowest BCUT2D eigenvalue weighted by Crippen LogP contribution is -2.34. The number of alkyl halides is 1. The molecule has 0 aromatic carbocycles. The predicted octanol–water partition coefficient (Wildman–Crippen LogP) is 6.48. The van der Waals surface area contributed by atoms with E-state index in [-0.39, 0.29) is 11.7 Å². The Morgan fingerprint density at radius 1 is 1.04 bits per heavy atom. The van der Waals surface area contributed by atoms with Gasteiger partial charge in [0.1, 0.15) is 5.60 Å². The van der Waals surface area contributed by atoms with E-state index in [0.29, 0.717) is 5.92 Å². The van der Waals surface area contributed by atoms with Gasteiger partial charge in [0, 0.05) is 10.5 Å². The van der Waals surface area contributed by atoms with Gasteiger partial charge in [-0.3, -0.25) is 0 Å². The maximum atomic E-state index is 11.3. The number of hydrogen-bond donors (Lipinski definition) is 1. The molecule has 1 N–H and O–H groups in total. The first-order valence-corrected chi connectivity index (χ1v) is 10.6. The SMILES string of the molecule is CC(C)(C)OC(=O)NCC1CCCC1.CCC.IC1CCCC1. The van der Waals surface area contributed by atoms with Gasteiger partial charge in [-0.1, -0.05) is 68.5 Å². The van der Waals surface area contributed by atoms with Gasteiger partial charge in [-0.15, -0.1) is 0 Å². The molecule has 4 heteroatoms. The molecule has 1 amide bonds. The molecule has 0 aliphatic heterocycles. The normalized spacial score (nSPS) is 18.5. The molecule has 138 valence electrons. The molecule has 2 aliphatic carbocycles. The second-order valence-electron chi connectivity index (χ2n) is 7.62. The molecule has 0 aromatic heterocycles. The molecule has 2 rings (SSSR count). The van der Waals surface area contributed by atoms with Crippen molar-refractivity contribution >= 4 is 28.7 Å². The van der Waals surface area contributed by atoms with Crippen molar-refractivity contribution in [3.05, 3.63) is 0 Å². The van der Waals surface area contributed by atoms with Gasteiger partial charge >= 0.3 is 6.09 Å². The molecule has 0 spiro atoms. The van der Waals surface area contributed by atoms with Crippen LogP contribution in [0.4, 0.5) is 4.79 Å². The quantitative estimate of drug-likeness (QED) is 0.395. The van der Waals surface area contributed by atoms with Crippen molar-refractivity contribution in [3.63, 3.8) is 0 Å². The van der Waals surface area contributed by atoms with Crippen LogP contribution in [-0.4, -0.2) is 22.2 Å². The zero-order chi connectivity index (χ0) is 17.7. The molecule has 0 atom stereocenters. The Balaban J connectivity index is 0.000000442. The molecule has 23 heavy (non-hydrogen) atoms. The number of rotatable bonds is 2. The second-order valence-corrected chi connectivity index (χ2v) is 9.38. The molecule has 2 saturated carbocycles. The molecule has 2 aliphatic rings. The highest BCUT2D eigenvalue weighted by Crippen LogP contribution is 2.24. The summed E-state index contributed by atoms with van der Waals surface area (Å²) in [5, 5.41) is 2.82. The highest BCUT2D eigenvalue weighted by atomic mass is 127. The number of halogens is 1. The summed E-state index contributed by atoms with van der Waals surface area (Å²) in [5.41, 5.74) is -0.389. The molecule has 3 nitrogen and oxygen atoms in total. The Bertz CT molecular complexity index is 290. The molecule has 0 unspecified atom stereocenters. The minimum absolute atomic E-state index is 0.288. The van der Waals surface area contributed by atoms with Crippen molar-refractivity contribution in [2.75, 3.05) is 6.54 Å². The molecule has 2 fully saturated rings. The summed E-state index contributed by atoms with van der Waals surface area (Å²) < 4.78 is 6.16. The number of nitrogens with one attached hydrogen (secondary N) is 1. The van der Waals surface area contributed by atoms with E-state index < -0.39 is 0 Å². The minimum Gasteiger partial charge on any atom is -0.444 e. The van der Waals surface area contributed by atoms with Crippen LogP contribution in [0.1, 0.15) is 92.4 Å². The zero-order valence-electron chi connectivity index (χ0n) is 15.9. The third-order valence-electron chi connectivity index (χ3n) is 3.69. The first-order valence-electron chi connectivity index (χ1n) is 9.39. The van der Waals surface area contributed by atoms with Crippen LogP contribution in [-0.2, 0) is 4.74 Å². The zero-order valence-corrected chi connectivity index (χ0v) is 18.1. The van der Waals surface area contributed by atoms with Gasteiger partial charge in [0.05, 0.1) is 0 Å². The molecular weight excluding hydrogens is 401 g/mol. The van der Waals surface area contributed by atoms with Crippen molar-refractivity contribution in [1.29, 1.82) is 0 Å². The maximum Gasteiger partial charge on any atom is 0.407 e. The minimum atomic E-state index is -0.389. The van der Waals surface area contributed by atoms with Crippen molar-refractivity contribution < 1.29 is 9.53 Å². The van der Waals surface area contributed by atoms with E-state index in [9.17, 15) is 4.79 Å². The molecule has 0 heterocycles. The summed E-state index contributed by atoms with van der Waals surface area (Å²) in [7, 11) is 0. The number of carbonyl (C=O) groups is 1. The average Bonchev–Trinajstić information content (AvgIpc) is 3.09. The lowest BCUT2D eigenvalue weighted by atomic mass is 10.1. The largest absolute Gasteiger partial charge is 0.444 e. The number of alkyl carbamates (subject to hydrolysis) is 1. The first kappa shape index (κ1) is 23.0. The number of hydrogen-bond acceptors (Lipinski definition) is 2. The van der Waals surface area contributed by atoms with Crippen molar-refractivity contribution in [2.45, 2.75) is 102 Å². The van der Waals surface area contributed by atoms with Crippen LogP contribution in [0.3, 0.4) is 0 Å². The van der Waals surface area contributed by atoms with Crippen LogP contribution in [0.25, 0.3) is 0 Å². The third kappa shape index (κ3) is 15.3. The molecule has 0 bridgehead atoms. The monoisotopic (exact) mass is 439 g/mol. The van der Waals surface area contributed by atoms with Gasteiger partial charge in [0.25, 0.3) is 0 Å². The highest BCUT2D eigenvalue weighted by Gasteiger charge is 2.19. The van der Waals surface area contributed by atoms with Crippen LogP contribution in [0, 0.1) is 5.92 Å². The van der Waals surface area contributed by atoms with E-state index in [4.69, 9.17) is 4.74 Å². The van der Waals surface area contributed by atoms with Crippen LogP contribution >= 0.6 is 22.6 Å². The van der Waals surface area contributed by atoms with Crippen LogP contribution < -0.4 is 5.32 Å². The van der Waals surface area contributed by atoms with Crippen LogP contribution in [0.5, 0.6) is 0 Å². The van der Waals surface area contributed by atoms with Crippen molar-refractivity contribution in [1.82, 2.24) is 5.32 Å². The lowest BCUT2D eigenvalue weighted by molar-refractivity contribution is 0.0519. The molecular formula is C19H38INO2. The van der Waals surface area contributed by atoms with E-state index in [1.54, 1.807) is 0 Å². The van der Waals surface area contributed by atoms with Gasteiger partial charge in [0.2, 0.25) is 0 Å². The molecule has 0 aromatic rings. The number of carbonyl (C=O) groups excluding carboxylic acids is 1. The summed E-state index contributed by atoms with van der Waals surface area (Å²) in [4.78, 5) is 11.3. The van der Waals surface area contributed by atoms with E-state index >= 15 is 0 Å². The van der Waals surface area contributed by atoms with Gasteiger partial charge in [-0.05, 0) is 52.4 Å². The fourth-order valence-corrected chi connectivity index (χ4v) is 3.51. The Kier molecular flexibility index (Phi) is 13.3. The van der Waals surface area contributed by atoms with Gasteiger partial charge in [-0.25, -0.2) is 4.79 Å². The molecule has 0 radical (unpaired) electrons. The van der Waals surface area contributed by atoms with E-state index in [0.717, 1.165) is 10.5 Å². The van der Waals surface area contributed by atoms with Crippen LogP contribution in [0.15, 0.2) is 0 Å². The van der Waals surface area contributed by atoms with E-state index in [1.807, 2.05) is 20.8 Å². The average molecular weight is 439 g/mol.